The molecule has 0 aromatic heterocycles. The Morgan fingerprint density at radius 3 is 2.80 bits per heavy atom. The standard InChI is InChI=1S/C17H21N3O5/c1-9(21)14-17(24)20-8-10(7-12(20)16(23)19-14)18-15(22)11-5-3-4-6-13(11)25-2/h3-6,9-10,12,14,21H,7-8H2,1-2H3,(H,18,22)(H,19,23)/t9-,10-,12-,14+/m0/s1. The molecule has 25 heavy (non-hydrogen) atoms. The third kappa shape index (κ3) is 3.17. The van der Waals surface area contributed by atoms with Gasteiger partial charge in [-0.15, -0.1) is 0 Å². The van der Waals surface area contributed by atoms with Crippen LogP contribution >= 0.6 is 0 Å². The van der Waals surface area contributed by atoms with E-state index in [0.717, 1.165) is 0 Å². The van der Waals surface area contributed by atoms with Gasteiger partial charge >= 0.3 is 0 Å². The molecule has 3 N–H and O–H groups in total. The molecule has 0 aliphatic carbocycles. The van der Waals surface area contributed by atoms with Gasteiger partial charge in [0.15, 0.2) is 0 Å². The molecule has 8 heteroatoms. The lowest BCUT2D eigenvalue weighted by Crippen LogP contribution is -2.64. The summed E-state index contributed by atoms with van der Waals surface area (Å²) in [5, 5.41) is 15.1. The Kier molecular flexibility index (Phi) is 4.63. The van der Waals surface area contributed by atoms with Crippen LogP contribution in [0.3, 0.4) is 0 Å². The second-order valence-electron chi connectivity index (χ2n) is 6.34. The van der Waals surface area contributed by atoms with Crippen LogP contribution < -0.4 is 15.4 Å². The molecule has 2 saturated heterocycles. The molecule has 1 aromatic rings. The molecule has 4 atom stereocenters. The lowest BCUT2D eigenvalue weighted by atomic mass is 10.0. The van der Waals surface area contributed by atoms with E-state index < -0.39 is 18.2 Å². The van der Waals surface area contributed by atoms with Gasteiger partial charge in [-0.1, -0.05) is 12.1 Å². The fourth-order valence-corrected chi connectivity index (χ4v) is 3.34. The fourth-order valence-electron chi connectivity index (χ4n) is 3.34. The molecule has 134 valence electrons. The number of carbonyl (C=O) groups is 3. The minimum absolute atomic E-state index is 0.237. The normalized spacial score (nSPS) is 26.7. The Morgan fingerprint density at radius 1 is 1.40 bits per heavy atom. The first-order valence-corrected chi connectivity index (χ1v) is 8.15. The Bertz CT molecular complexity index is 705. The SMILES string of the molecule is COc1ccccc1C(=O)N[C@H]1C[C@H]2C(=O)N[C@H]([C@H](C)O)C(=O)N2C1. The number of benzene rings is 1. The summed E-state index contributed by atoms with van der Waals surface area (Å²) in [6, 6.07) is 4.95. The van der Waals surface area contributed by atoms with Gasteiger partial charge in [0, 0.05) is 12.6 Å². The molecule has 3 rings (SSSR count). The molecule has 2 heterocycles. The van der Waals surface area contributed by atoms with Crippen LogP contribution in [0.25, 0.3) is 0 Å². The van der Waals surface area contributed by atoms with Crippen molar-refractivity contribution in [2.24, 2.45) is 0 Å². The highest BCUT2D eigenvalue weighted by atomic mass is 16.5. The number of para-hydroxylation sites is 1. The second-order valence-corrected chi connectivity index (χ2v) is 6.34. The van der Waals surface area contributed by atoms with Gasteiger partial charge in [0.05, 0.1) is 18.8 Å². The van der Waals surface area contributed by atoms with Crippen molar-refractivity contribution in [3.63, 3.8) is 0 Å². The minimum Gasteiger partial charge on any atom is -0.496 e. The predicted octanol–water partition coefficient (Wildman–Crippen LogP) is -0.726. The van der Waals surface area contributed by atoms with E-state index in [1.165, 1.54) is 18.9 Å². The maximum Gasteiger partial charge on any atom is 0.255 e. The molecular weight excluding hydrogens is 326 g/mol. The van der Waals surface area contributed by atoms with Crippen LogP contribution in [0.1, 0.15) is 23.7 Å². The van der Waals surface area contributed by atoms with E-state index in [9.17, 15) is 19.5 Å². The van der Waals surface area contributed by atoms with Gasteiger partial charge in [0.25, 0.3) is 5.91 Å². The first-order valence-electron chi connectivity index (χ1n) is 8.15. The number of rotatable bonds is 4. The summed E-state index contributed by atoms with van der Waals surface area (Å²) in [7, 11) is 1.49. The second kappa shape index (κ2) is 6.72. The van der Waals surface area contributed by atoms with Crippen molar-refractivity contribution >= 4 is 17.7 Å². The highest BCUT2D eigenvalue weighted by Crippen LogP contribution is 2.24. The zero-order chi connectivity index (χ0) is 18.1. The van der Waals surface area contributed by atoms with E-state index in [4.69, 9.17) is 4.74 Å². The average Bonchev–Trinajstić information content (AvgIpc) is 3.02. The summed E-state index contributed by atoms with van der Waals surface area (Å²) in [6.45, 7) is 1.70. The maximum atomic E-state index is 12.5. The number of nitrogens with one attached hydrogen (secondary N) is 2. The van der Waals surface area contributed by atoms with Gasteiger partial charge in [-0.2, -0.15) is 0 Å². The number of piperazine rings is 1. The third-order valence-corrected chi connectivity index (χ3v) is 4.62. The van der Waals surface area contributed by atoms with Crippen LogP contribution in [0.4, 0.5) is 0 Å². The number of nitrogens with zero attached hydrogens (tertiary/aromatic N) is 1. The Labute approximate surface area is 145 Å². The van der Waals surface area contributed by atoms with Crippen LogP contribution in [0.2, 0.25) is 0 Å². The summed E-state index contributed by atoms with van der Waals surface area (Å²) in [4.78, 5) is 38.5. The smallest absolute Gasteiger partial charge is 0.255 e. The number of ether oxygens (including phenoxy) is 1. The summed E-state index contributed by atoms with van der Waals surface area (Å²) in [6.07, 6.45) is -0.634. The Hall–Kier alpha value is -2.61. The number of hydrogen-bond acceptors (Lipinski definition) is 5. The van der Waals surface area contributed by atoms with E-state index >= 15 is 0 Å². The minimum atomic E-state index is -0.973. The summed E-state index contributed by atoms with van der Waals surface area (Å²) < 4.78 is 5.18. The number of methoxy groups -OCH3 is 1. The highest BCUT2D eigenvalue weighted by Gasteiger charge is 2.47. The van der Waals surface area contributed by atoms with Crippen LogP contribution in [-0.4, -0.2) is 65.6 Å². The molecule has 2 fully saturated rings. The monoisotopic (exact) mass is 347 g/mol. The number of amides is 3. The molecule has 1 aromatic carbocycles. The van der Waals surface area contributed by atoms with Crippen LogP contribution in [0.15, 0.2) is 24.3 Å². The van der Waals surface area contributed by atoms with E-state index in [2.05, 4.69) is 10.6 Å². The molecule has 2 aliphatic heterocycles. The topological polar surface area (TPSA) is 108 Å². The van der Waals surface area contributed by atoms with Crippen molar-refractivity contribution in [3.8, 4) is 5.75 Å². The van der Waals surface area contributed by atoms with E-state index in [1.807, 2.05) is 0 Å². The lowest BCUT2D eigenvalue weighted by molar-refractivity contribution is -0.149. The van der Waals surface area contributed by atoms with E-state index in [-0.39, 0.29) is 30.3 Å². The first kappa shape index (κ1) is 17.2. The first-order chi connectivity index (χ1) is 11.9. The molecule has 2 aliphatic rings. The molecule has 0 bridgehead atoms. The number of fused-ring (bicyclic) bond motifs is 1. The molecule has 0 radical (unpaired) electrons. The van der Waals surface area contributed by atoms with Gasteiger partial charge < -0.3 is 25.4 Å². The number of hydrogen-bond donors (Lipinski definition) is 3. The van der Waals surface area contributed by atoms with Gasteiger partial charge in [0.2, 0.25) is 11.8 Å². The van der Waals surface area contributed by atoms with Gasteiger partial charge in [0.1, 0.15) is 17.8 Å². The zero-order valence-corrected chi connectivity index (χ0v) is 14.1. The van der Waals surface area contributed by atoms with Crippen molar-refractivity contribution in [1.82, 2.24) is 15.5 Å². The third-order valence-electron chi connectivity index (χ3n) is 4.62. The van der Waals surface area contributed by atoms with Crippen molar-refractivity contribution in [2.45, 2.75) is 37.6 Å². The highest BCUT2D eigenvalue weighted by molar-refractivity contribution is 5.99. The van der Waals surface area contributed by atoms with Crippen LogP contribution in [0, 0.1) is 0 Å². The molecule has 8 nitrogen and oxygen atoms in total. The van der Waals surface area contributed by atoms with Crippen molar-refractivity contribution in [2.75, 3.05) is 13.7 Å². The van der Waals surface area contributed by atoms with Gasteiger partial charge in [-0.05, 0) is 25.5 Å². The van der Waals surface area contributed by atoms with E-state index in [0.29, 0.717) is 17.7 Å². The number of aliphatic hydroxyl groups is 1. The lowest BCUT2D eigenvalue weighted by Gasteiger charge is -2.35. The van der Waals surface area contributed by atoms with Crippen molar-refractivity contribution < 1.29 is 24.2 Å². The number of carbonyl (C=O) groups excluding carboxylic acids is 3. The Balaban J connectivity index is 1.71. The quantitative estimate of drug-likeness (QED) is 0.666. The van der Waals surface area contributed by atoms with Crippen molar-refractivity contribution in [1.29, 1.82) is 0 Å². The molecule has 0 unspecified atom stereocenters. The molecule has 3 amide bonds. The Morgan fingerprint density at radius 2 is 2.12 bits per heavy atom. The van der Waals surface area contributed by atoms with Gasteiger partial charge in [-0.3, -0.25) is 14.4 Å². The largest absolute Gasteiger partial charge is 0.496 e. The fraction of sp³-hybridized carbons (Fsp3) is 0.471. The maximum absolute atomic E-state index is 12.5. The van der Waals surface area contributed by atoms with E-state index in [1.54, 1.807) is 24.3 Å². The zero-order valence-electron chi connectivity index (χ0n) is 14.1. The van der Waals surface area contributed by atoms with Gasteiger partial charge in [-0.25, -0.2) is 0 Å². The van der Waals surface area contributed by atoms with Crippen LogP contribution in [0.5, 0.6) is 5.75 Å². The molecular formula is C17H21N3O5. The molecule has 0 spiro atoms. The molecule has 0 saturated carbocycles. The summed E-state index contributed by atoms with van der Waals surface area (Å²) in [5.41, 5.74) is 0.396. The van der Waals surface area contributed by atoms with Crippen molar-refractivity contribution in [3.05, 3.63) is 29.8 Å². The summed E-state index contributed by atoms with van der Waals surface area (Å²) >= 11 is 0. The summed E-state index contributed by atoms with van der Waals surface area (Å²) in [5.74, 6) is -0.492. The average molecular weight is 347 g/mol. The van der Waals surface area contributed by atoms with Crippen LogP contribution in [-0.2, 0) is 9.59 Å². The number of aliphatic hydroxyl groups excluding tert-OH is 1. The predicted molar refractivity (Wildman–Crippen MR) is 88.0 cm³/mol.